The van der Waals surface area contributed by atoms with E-state index in [1.807, 2.05) is 13.0 Å². The topological polar surface area (TPSA) is 35.2 Å². The molecule has 2 N–H and O–H groups in total. The van der Waals surface area contributed by atoms with Gasteiger partial charge in [-0.2, -0.15) is 0 Å². The maximum Gasteiger partial charge on any atom is 0.168 e. The molecule has 112 valence electrons. The molecule has 2 aromatic rings. The number of hydrogen-bond acceptors (Lipinski definition) is 2. The van der Waals surface area contributed by atoms with Crippen LogP contribution < -0.4 is 10.5 Å². The average molecular weight is 312 g/mol. The molecule has 0 radical (unpaired) electrons. The lowest BCUT2D eigenvalue weighted by molar-refractivity contribution is 0.431. The predicted molar refractivity (Wildman–Crippen MR) is 79.9 cm³/mol. The highest BCUT2D eigenvalue weighted by molar-refractivity contribution is 6.32. The van der Waals surface area contributed by atoms with Crippen LogP contribution in [0.4, 0.5) is 8.78 Å². The zero-order chi connectivity index (χ0) is 15.4. The van der Waals surface area contributed by atoms with E-state index in [9.17, 15) is 8.78 Å². The predicted octanol–water partition coefficient (Wildman–Crippen LogP) is 4.69. The third-order valence-corrected chi connectivity index (χ3v) is 3.46. The van der Waals surface area contributed by atoms with Crippen molar-refractivity contribution in [3.63, 3.8) is 0 Å². The summed E-state index contributed by atoms with van der Waals surface area (Å²) in [5.41, 5.74) is 6.74. The fourth-order valence-electron chi connectivity index (χ4n) is 1.92. The van der Waals surface area contributed by atoms with Gasteiger partial charge < -0.3 is 10.5 Å². The van der Waals surface area contributed by atoms with Crippen molar-refractivity contribution >= 4 is 11.6 Å². The van der Waals surface area contributed by atoms with E-state index in [4.69, 9.17) is 22.1 Å². The smallest absolute Gasteiger partial charge is 0.168 e. The molecule has 1 atom stereocenters. The molecule has 0 aliphatic rings. The van der Waals surface area contributed by atoms with Gasteiger partial charge in [0, 0.05) is 12.1 Å². The zero-order valence-corrected chi connectivity index (χ0v) is 12.3. The van der Waals surface area contributed by atoms with Gasteiger partial charge in [-0.15, -0.1) is 0 Å². The highest BCUT2D eigenvalue weighted by Gasteiger charge is 2.14. The highest BCUT2D eigenvalue weighted by Crippen LogP contribution is 2.34. The Labute approximate surface area is 127 Å². The standard InChI is InChI=1S/C16H16ClF2NO/c1-2-12(20)8-10-4-3-5-13(17)16(10)21-15-7-6-11(18)9-14(15)19/h3-7,9,12H,2,8,20H2,1H3. The second-order valence-corrected chi connectivity index (χ2v) is 5.18. The van der Waals surface area contributed by atoms with Crippen molar-refractivity contribution in [3.05, 3.63) is 58.6 Å². The molecule has 0 heterocycles. The molecule has 0 bridgehead atoms. The molecule has 2 rings (SSSR count). The van der Waals surface area contributed by atoms with Crippen LogP contribution in [0.2, 0.25) is 5.02 Å². The Bertz CT molecular complexity index is 634. The summed E-state index contributed by atoms with van der Waals surface area (Å²) in [6.45, 7) is 1.98. The van der Waals surface area contributed by atoms with E-state index < -0.39 is 11.6 Å². The molecule has 0 aliphatic heterocycles. The summed E-state index contributed by atoms with van der Waals surface area (Å²) in [5, 5.41) is 0.361. The van der Waals surface area contributed by atoms with Crippen molar-refractivity contribution in [1.82, 2.24) is 0 Å². The molecule has 21 heavy (non-hydrogen) atoms. The van der Waals surface area contributed by atoms with Crippen LogP contribution in [-0.2, 0) is 6.42 Å². The first-order valence-corrected chi connectivity index (χ1v) is 7.05. The Hall–Kier alpha value is -1.65. The van der Waals surface area contributed by atoms with Crippen molar-refractivity contribution in [2.45, 2.75) is 25.8 Å². The fourth-order valence-corrected chi connectivity index (χ4v) is 2.16. The van der Waals surface area contributed by atoms with Crippen molar-refractivity contribution in [2.24, 2.45) is 5.73 Å². The van der Waals surface area contributed by atoms with Crippen LogP contribution in [0.25, 0.3) is 0 Å². The van der Waals surface area contributed by atoms with Crippen LogP contribution in [0, 0.1) is 11.6 Å². The minimum Gasteiger partial charge on any atom is -0.452 e. The number of para-hydroxylation sites is 1. The highest BCUT2D eigenvalue weighted by atomic mass is 35.5. The number of benzene rings is 2. The normalized spacial score (nSPS) is 12.2. The first-order chi connectivity index (χ1) is 10.0. The van der Waals surface area contributed by atoms with Gasteiger partial charge >= 0.3 is 0 Å². The van der Waals surface area contributed by atoms with E-state index in [1.54, 1.807) is 12.1 Å². The Morgan fingerprint density at radius 3 is 2.67 bits per heavy atom. The van der Waals surface area contributed by atoms with Crippen LogP contribution in [-0.4, -0.2) is 6.04 Å². The van der Waals surface area contributed by atoms with Gasteiger partial charge in [-0.25, -0.2) is 8.78 Å². The van der Waals surface area contributed by atoms with Crippen LogP contribution >= 0.6 is 11.6 Å². The summed E-state index contributed by atoms with van der Waals surface area (Å²) in [6, 6.07) is 8.36. The third kappa shape index (κ3) is 3.93. The Balaban J connectivity index is 2.34. The van der Waals surface area contributed by atoms with Crippen LogP contribution in [0.1, 0.15) is 18.9 Å². The minimum absolute atomic E-state index is 0.0381. The summed E-state index contributed by atoms with van der Waals surface area (Å²) < 4.78 is 32.2. The van der Waals surface area contributed by atoms with Crippen molar-refractivity contribution < 1.29 is 13.5 Å². The van der Waals surface area contributed by atoms with E-state index in [-0.39, 0.29) is 11.8 Å². The summed E-state index contributed by atoms with van der Waals surface area (Å²) in [5.74, 6) is -1.16. The lowest BCUT2D eigenvalue weighted by Crippen LogP contribution is -2.21. The molecule has 0 saturated carbocycles. The fraction of sp³-hybridized carbons (Fsp3) is 0.250. The molecule has 0 spiro atoms. The van der Waals surface area contributed by atoms with E-state index in [1.165, 1.54) is 6.07 Å². The minimum atomic E-state index is -0.777. The first-order valence-electron chi connectivity index (χ1n) is 6.67. The summed E-state index contributed by atoms with van der Waals surface area (Å²) in [4.78, 5) is 0. The van der Waals surface area contributed by atoms with Crippen molar-refractivity contribution in [3.8, 4) is 11.5 Å². The van der Waals surface area contributed by atoms with E-state index in [0.717, 1.165) is 24.1 Å². The third-order valence-electron chi connectivity index (χ3n) is 3.16. The van der Waals surface area contributed by atoms with Gasteiger partial charge in [-0.05, 0) is 36.6 Å². The number of hydrogen-bond donors (Lipinski definition) is 1. The van der Waals surface area contributed by atoms with Crippen molar-refractivity contribution in [2.75, 3.05) is 0 Å². The second-order valence-electron chi connectivity index (χ2n) is 4.78. The molecular weight excluding hydrogens is 296 g/mol. The van der Waals surface area contributed by atoms with Gasteiger partial charge in [0.2, 0.25) is 0 Å². The quantitative estimate of drug-likeness (QED) is 0.869. The van der Waals surface area contributed by atoms with E-state index in [2.05, 4.69) is 0 Å². The van der Waals surface area contributed by atoms with Gasteiger partial charge in [-0.1, -0.05) is 30.7 Å². The number of rotatable bonds is 5. The molecule has 0 fully saturated rings. The summed E-state index contributed by atoms with van der Waals surface area (Å²) >= 11 is 6.13. The Morgan fingerprint density at radius 1 is 1.24 bits per heavy atom. The zero-order valence-electron chi connectivity index (χ0n) is 11.6. The maximum atomic E-state index is 13.7. The maximum absolute atomic E-state index is 13.7. The Morgan fingerprint density at radius 2 is 2.00 bits per heavy atom. The van der Waals surface area contributed by atoms with E-state index in [0.29, 0.717) is 17.2 Å². The molecule has 0 aromatic heterocycles. The van der Waals surface area contributed by atoms with Crippen LogP contribution in [0.5, 0.6) is 11.5 Å². The molecule has 1 unspecified atom stereocenters. The molecule has 2 nitrogen and oxygen atoms in total. The number of nitrogens with two attached hydrogens (primary N) is 1. The van der Waals surface area contributed by atoms with Gasteiger partial charge in [0.1, 0.15) is 11.6 Å². The number of ether oxygens (including phenoxy) is 1. The van der Waals surface area contributed by atoms with Crippen molar-refractivity contribution in [1.29, 1.82) is 0 Å². The lowest BCUT2D eigenvalue weighted by atomic mass is 10.0. The lowest BCUT2D eigenvalue weighted by Gasteiger charge is -2.15. The Kier molecular flexibility index (Phi) is 5.15. The van der Waals surface area contributed by atoms with Gasteiger partial charge in [-0.3, -0.25) is 0 Å². The van der Waals surface area contributed by atoms with Gasteiger partial charge in [0.05, 0.1) is 5.02 Å². The molecule has 0 amide bonds. The molecule has 5 heteroatoms. The molecule has 2 aromatic carbocycles. The largest absolute Gasteiger partial charge is 0.452 e. The number of halogens is 3. The molecule has 0 saturated heterocycles. The van der Waals surface area contributed by atoms with Crippen LogP contribution in [0.3, 0.4) is 0 Å². The van der Waals surface area contributed by atoms with Gasteiger partial charge in [0.15, 0.2) is 11.6 Å². The van der Waals surface area contributed by atoms with Gasteiger partial charge in [0.25, 0.3) is 0 Å². The first kappa shape index (κ1) is 15.7. The monoisotopic (exact) mass is 311 g/mol. The summed E-state index contributed by atoms with van der Waals surface area (Å²) in [7, 11) is 0. The SMILES string of the molecule is CCC(N)Cc1cccc(Cl)c1Oc1ccc(F)cc1F. The molecular formula is C16H16ClF2NO. The molecule has 0 aliphatic carbocycles. The van der Waals surface area contributed by atoms with E-state index >= 15 is 0 Å². The van der Waals surface area contributed by atoms with Crippen LogP contribution in [0.15, 0.2) is 36.4 Å². The summed E-state index contributed by atoms with van der Waals surface area (Å²) in [6.07, 6.45) is 1.37. The average Bonchev–Trinajstić information content (AvgIpc) is 2.44. The second kappa shape index (κ2) is 6.87.